The minimum Gasteiger partial charge on any atom is -0.497 e. The Morgan fingerprint density at radius 3 is 2.32 bits per heavy atom. The van der Waals surface area contributed by atoms with E-state index < -0.39 is 18.2 Å². The van der Waals surface area contributed by atoms with E-state index in [9.17, 15) is 9.59 Å². The van der Waals surface area contributed by atoms with E-state index in [1.165, 1.54) is 7.11 Å². The molecule has 0 spiro atoms. The molecule has 0 bridgehead atoms. The van der Waals surface area contributed by atoms with Gasteiger partial charge in [-0.3, -0.25) is 10.1 Å². The summed E-state index contributed by atoms with van der Waals surface area (Å²) < 4.78 is 15.7. The first kappa shape index (κ1) is 22.4. The maximum absolute atomic E-state index is 13.0. The van der Waals surface area contributed by atoms with Gasteiger partial charge in [-0.2, -0.15) is 0 Å². The van der Waals surface area contributed by atoms with Crippen LogP contribution in [0.15, 0.2) is 59.7 Å². The maximum atomic E-state index is 13.0. The number of carbonyl (C=O) groups excluding carboxylic acids is 2. The van der Waals surface area contributed by atoms with Crippen molar-refractivity contribution in [1.29, 1.82) is 0 Å². The number of hydrogen-bond acceptors (Lipinski definition) is 6. The van der Waals surface area contributed by atoms with Crippen molar-refractivity contribution in [2.75, 3.05) is 21.3 Å². The number of methoxy groups -OCH3 is 3. The van der Waals surface area contributed by atoms with Gasteiger partial charge in [-0.1, -0.05) is 30.3 Å². The summed E-state index contributed by atoms with van der Waals surface area (Å²) in [5, 5.41) is 3.33. The Morgan fingerprint density at radius 1 is 1.03 bits per heavy atom. The minimum absolute atomic E-state index is 0.0746. The molecular weight excluding hydrogens is 396 g/mol. The van der Waals surface area contributed by atoms with Crippen molar-refractivity contribution >= 4 is 11.9 Å². The highest BCUT2D eigenvalue weighted by molar-refractivity contribution is 5.97. The summed E-state index contributed by atoms with van der Waals surface area (Å²) >= 11 is 0. The summed E-state index contributed by atoms with van der Waals surface area (Å²) in [7, 11) is 4.51. The largest absolute Gasteiger partial charge is 0.497 e. The summed E-state index contributed by atoms with van der Waals surface area (Å²) in [5.41, 5.74) is 3.12. The molecule has 0 aromatic heterocycles. The number of hydrogen-bond donors (Lipinski definition) is 1. The van der Waals surface area contributed by atoms with E-state index in [-0.39, 0.29) is 5.91 Å². The lowest BCUT2D eigenvalue weighted by molar-refractivity contribution is -0.144. The molecular formula is C24H28N2O5. The molecule has 0 radical (unpaired) electrons. The first-order chi connectivity index (χ1) is 14.9. The van der Waals surface area contributed by atoms with Crippen LogP contribution >= 0.6 is 0 Å². The van der Waals surface area contributed by atoms with Crippen LogP contribution in [0.4, 0.5) is 0 Å². The smallest absolute Gasteiger partial charge is 0.327 e. The molecule has 1 amide bonds. The second kappa shape index (κ2) is 9.66. The number of esters is 1. The van der Waals surface area contributed by atoms with Gasteiger partial charge in [0, 0.05) is 17.7 Å². The molecule has 0 saturated carbocycles. The van der Waals surface area contributed by atoms with Crippen molar-refractivity contribution in [3.8, 4) is 11.5 Å². The Labute approximate surface area is 182 Å². The molecule has 0 aliphatic carbocycles. The van der Waals surface area contributed by atoms with Gasteiger partial charge < -0.3 is 19.1 Å². The number of para-hydroxylation sites is 1. The van der Waals surface area contributed by atoms with Gasteiger partial charge in [0.1, 0.15) is 23.7 Å². The van der Waals surface area contributed by atoms with Crippen LogP contribution in [0.3, 0.4) is 0 Å². The van der Waals surface area contributed by atoms with Crippen LogP contribution in [0.1, 0.15) is 31.0 Å². The highest BCUT2D eigenvalue weighted by Crippen LogP contribution is 2.31. The Bertz CT molecular complexity index is 984. The van der Waals surface area contributed by atoms with E-state index in [4.69, 9.17) is 14.2 Å². The number of rotatable bonds is 8. The summed E-state index contributed by atoms with van der Waals surface area (Å²) in [4.78, 5) is 27.4. The van der Waals surface area contributed by atoms with E-state index in [0.717, 1.165) is 16.9 Å². The van der Waals surface area contributed by atoms with Crippen molar-refractivity contribution < 1.29 is 23.8 Å². The molecule has 7 nitrogen and oxygen atoms in total. The average molecular weight is 424 g/mol. The average Bonchev–Trinajstić information content (AvgIpc) is 3.00. The Kier molecular flexibility index (Phi) is 6.97. The Hall–Kier alpha value is -3.32. The van der Waals surface area contributed by atoms with Gasteiger partial charge in [0.15, 0.2) is 0 Å². The quantitative estimate of drug-likeness (QED) is 0.656. The molecule has 3 rings (SSSR count). The highest BCUT2D eigenvalue weighted by atomic mass is 16.5. The van der Waals surface area contributed by atoms with Crippen molar-refractivity contribution in [3.63, 3.8) is 0 Å². The van der Waals surface area contributed by atoms with E-state index in [2.05, 4.69) is 5.32 Å². The fourth-order valence-electron chi connectivity index (χ4n) is 3.71. The lowest BCUT2D eigenvalue weighted by atomic mass is 10.0. The summed E-state index contributed by atoms with van der Waals surface area (Å²) in [5.74, 6) is 0.779. The third kappa shape index (κ3) is 4.56. The van der Waals surface area contributed by atoms with Crippen LogP contribution in [0, 0.1) is 0 Å². The molecule has 2 aromatic carbocycles. The molecule has 0 unspecified atom stereocenters. The van der Waals surface area contributed by atoms with Crippen molar-refractivity contribution in [1.82, 2.24) is 10.2 Å². The first-order valence-corrected chi connectivity index (χ1v) is 9.99. The van der Waals surface area contributed by atoms with Gasteiger partial charge in [-0.25, -0.2) is 4.79 Å². The van der Waals surface area contributed by atoms with Crippen LogP contribution in [-0.2, 0) is 20.9 Å². The highest BCUT2D eigenvalue weighted by Gasteiger charge is 2.38. The van der Waals surface area contributed by atoms with E-state index in [1.807, 2.05) is 49.4 Å². The van der Waals surface area contributed by atoms with Gasteiger partial charge in [-0.05, 0) is 43.2 Å². The zero-order valence-corrected chi connectivity index (χ0v) is 18.5. The van der Waals surface area contributed by atoms with Crippen molar-refractivity contribution in [2.24, 2.45) is 0 Å². The zero-order valence-electron chi connectivity index (χ0n) is 18.5. The van der Waals surface area contributed by atoms with Crippen LogP contribution in [0.25, 0.3) is 0 Å². The monoisotopic (exact) mass is 424 g/mol. The molecule has 1 aliphatic heterocycles. The number of amides is 1. The van der Waals surface area contributed by atoms with Gasteiger partial charge in [0.25, 0.3) is 5.91 Å². The second-order valence-electron chi connectivity index (χ2n) is 7.36. The molecule has 1 aliphatic rings. The third-order valence-electron chi connectivity index (χ3n) is 5.62. The summed E-state index contributed by atoms with van der Waals surface area (Å²) in [6, 6.07) is 14.0. The van der Waals surface area contributed by atoms with Crippen LogP contribution in [-0.4, -0.2) is 44.3 Å². The van der Waals surface area contributed by atoms with Crippen molar-refractivity contribution in [2.45, 2.75) is 32.6 Å². The number of nitrogens with one attached hydrogen (secondary N) is 1. The number of carbonyl (C=O) groups is 2. The SMILES string of the molecule is COC(=O)[C@@H](N[C@@H]1C(C)=C(C)C(=O)N1Cc1ccc(OC)cc1)c1ccccc1OC. The van der Waals surface area contributed by atoms with Crippen LogP contribution < -0.4 is 14.8 Å². The molecule has 7 heteroatoms. The summed E-state index contributed by atoms with van der Waals surface area (Å²) in [6.45, 7) is 4.08. The molecule has 2 aromatic rings. The predicted molar refractivity (Wildman–Crippen MR) is 117 cm³/mol. The minimum atomic E-state index is -0.807. The Morgan fingerprint density at radius 2 is 1.71 bits per heavy atom. The fraction of sp³-hybridized carbons (Fsp3) is 0.333. The third-order valence-corrected chi connectivity index (χ3v) is 5.62. The predicted octanol–water partition coefficient (Wildman–Crippen LogP) is 3.21. The zero-order chi connectivity index (χ0) is 22.5. The summed E-state index contributed by atoms with van der Waals surface area (Å²) in [6.07, 6.45) is -0.469. The second-order valence-corrected chi connectivity index (χ2v) is 7.36. The van der Waals surface area contributed by atoms with Gasteiger partial charge in [0.05, 0.1) is 21.3 Å². The molecule has 1 heterocycles. The number of nitrogens with zero attached hydrogens (tertiary/aromatic N) is 1. The number of benzene rings is 2. The lowest BCUT2D eigenvalue weighted by Crippen LogP contribution is -2.48. The lowest BCUT2D eigenvalue weighted by Gasteiger charge is -2.31. The molecule has 0 fully saturated rings. The first-order valence-electron chi connectivity index (χ1n) is 9.99. The molecule has 31 heavy (non-hydrogen) atoms. The molecule has 1 N–H and O–H groups in total. The molecule has 164 valence electrons. The molecule has 2 atom stereocenters. The van der Waals surface area contributed by atoms with Gasteiger partial charge in [-0.15, -0.1) is 0 Å². The standard InChI is InChI=1S/C24H28N2O5/c1-15-16(2)23(27)26(14-17-10-12-18(29-3)13-11-17)22(15)25-21(24(28)31-5)19-8-6-7-9-20(19)30-4/h6-13,21-22,25H,14H2,1-5H3/t21-,22-/m0/s1. The normalized spacial score (nSPS) is 17.0. The van der Waals surface area contributed by atoms with Crippen LogP contribution in [0.5, 0.6) is 11.5 Å². The maximum Gasteiger partial charge on any atom is 0.327 e. The van der Waals surface area contributed by atoms with Gasteiger partial charge >= 0.3 is 5.97 Å². The fourth-order valence-corrected chi connectivity index (χ4v) is 3.71. The number of ether oxygens (including phenoxy) is 3. The van der Waals surface area contributed by atoms with E-state index >= 15 is 0 Å². The van der Waals surface area contributed by atoms with Crippen molar-refractivity contribution in [3.05, 3.63) is 70.8 Å². The van der Waals surface area contributed by atoms with Crippen LogP contribution in [0.2, 0.25) is 0 Å². The Balaban J connectivity index is 1.93. The van der Waals surface area contributed by atoms with E-state index in [0.29, 0.717) is 23.4 Å². The van der Waals surface area contributed by atoms with Gasteiger partial charge in [0.2, 0.25) is 0 Å². The topological polar surface area (TPSA) is 77.1 Å². The molecule has 0 saturated heterocycles. The van der Waals surface area contributed by atoms with E-state index in [1.54, 1.807) is 32.1 Å².